The summed E-state index contributed by atoms with van der Waals surface area (Å²) in [5.41, 5.74) is 3.57. The summed E-state index contributed by atoms with van der Waals surface area (Å²) in [6.45, 7) is 9.23. The van der Waals surface area contributed by atoms with Gasteiger partial charge in [-0.1, -0.05) is 26.0 Å². The monoisotopic (exact) mass is 523 g/mol. The third kappa shape index (κ3) is 6.01. The molecule has 1 aromatic rings. The number of anilines is 1. The van der Waals surface area contributed by atoms with Crippen LogP contribution >= 0.6 is 0 Å². The first kappa shape index (κ1) is 26.8. The number of halogens is 6. The Bertz CT molecular complexity index is 905. The number of benzene rings is 1. The molecular formula is C24H31F6N3O3. The van der Waals surface area contributed by atoms with Crippen LogP contribution in [0.3, 0.4) is 0 Å². The zero-order chi connectivity index (χ0) is 26.3. The van der Waals surface area contributed by atoms with E-state index in [-0.39, 0.29) is 24.9 Å². The summed E-state index contributed by atoms with van der Waals surface area (Å²) in [5.74, 6) is 0.314. The smallest absolute Gasteiger partial charge is 0.426 e. The van der Waals surface area contributed by atoms with Gasteiger partial charge in [0.25, 0.3) is 6.10 Å². The maximum Gasteiger partial charge on any atom is 0.434 e. The van der Waals surface area contributed by atoms with Gasteiger partial charge < -0.3 is 19.3 Å². The molecule has 0 aliphatic carbocycles. The summed E-state index contributed by atoms with van der Waals surface area (Å²) in [5, 5.41) is 0. The Morgan fingerprint density at radius 1 is 1.00 bits per heavy atom. The maximum absolute atomic E-state index is 12.8. The summed E-state index contributed by atoms with van der Waals surface area (Å²) in [6, 6.07) is 6.47. The molecule has 3 aliphatic rings. The predicted octanol–water partition coefficient (Wildman–Crippen LogP) is 4.64. The standard InChI is InChI=1S/C24H31F6N3O3/c1-15(2)16-3-4-17(20(9-16)32-5-7-35-8-6-32)10-31-11-18-13-33(14-19(18)12-31)22(34)36-21(23(25,26)27)24(28,29)30/h3-4,9,15,18-19,21H,5-8,10-14H2,1-2H3. The molecule has 0 radical (unpaired) electrons. The number of carbonyl (C=O) groups is 1. The Morgan fingerprint density at radius 2 is 1.58 bits per heavy atom. The van der Waals surface area contributed by atoms with Crippen molar-refractivity contribution in [3.63, 3.8) is 0 Å². The maximum atomic E-state index is 12.8. The van der Waals surface area contributed by atoms with Crippen molar-refractivity contribution in [3.05, 3.63) is 29.3 Å². The number of amides is 1. The molecule has 0 aromatic heterocycles. The average molecular weight is 524 g/mol. The van der Waals surface area contributed by atoms with Gasteiger partial charge in [0.2, 0.25) is 0 Å². The Hall–Kier alpha value is -2.21. The van der Waals surface area contributed by atoms with Gasteiger partial charge in [0.05, 0.1) is 13.2 Å². The molecule has 0 saturated carbocycles. The van der Waals surface area contributed by atoms with Gasteiger partial charge in [0, 0.05) is 51.5 Å². The second kappa shape index (κ2) is 10.3. The molecule has 2 atom stereocenters. The van der Waals surface area contributed by atoms with E-state index < -0.39 is 24.5 Å². The molecule has 4 rings (SSSR count). The topological polar surface area (TPSA) is 45.2 Å². The van der Waals surface area contributed by atoms with E-state index in [2.05, 4.69) is 46.6 Å². The van der Waals surface area contributed by atoms with Gasteiger partial charge in [-0.25, -0.2) is 4.79 Å². The van der Waals surface area contributed by atoms with E-state index in [1.165, 1.54) is 5.56 Å². The van der Waals surface area contributed by atoms with Crippen molar-refractivity contribution in [1.82, 2.24) is 9.80 Å². The fourth-order valence-corrected chi connectivity index (χ4v) is 5.28. The zero-order valence-electron chi connectivity index (χ0n) is 20.2. The van der Waals surface area contributed by atoms with Gasteiger partial charge in [-0.05, 0) is 34.9 Å². The van der Waals surface area contributed by atoms with Crippen molar-refractivity contribution < 1.29 is 40.6 Å². The summed E-state index contributed by atoms with van der Waals surface area (Å²) < 4.78 is 85.9. The van der Waals surface area contributed by atoms with E-state index in [0.717, 1.165) is 29.2 Å². The molecule has 6 nitrogen and oxygen atoms in total. The summed E-state index contributed by atoms with van der Waals surface area (Å²) in [6.07, 6.45) is -17.1. The number of alkyl halides is 6. The Labute approximate surface area is 206 Å². The summed E-state index contributed by atoms with van der Waals surface area (Å²) >= 11 is 0. The molecule has 12 heteroatoms. The minimum atomic E-state index is -5.72. The molecule has 202 valence electrons. The normalized spacial score (nSPS) is 23.6. The predicted molar refractivity (Wildman–Crippen MR) is 120 cm³/mol. The van der Waals surface area contributed by atoms with Crippen LogP contribution in [0.4, 0.5) is 36.8 Å². The first-order valence-electron chi connectivity index (χ1n) is 12.1. The minimum absolute atomic E-state index is 0.0328. The van der Waals surface area contributed by atoms with Crippen molar-refractivity contribution in [3.8, 4) is 0 Å². The van der Waals surface area contributed by atoms with Gasteiger partial charge in [0.15, 0.2) is 0 Å². The number of hydrogen-bond acceptors (Lipinski definition) is 5. The van der Waals surface area contributed by atoms with Crippen LogP contribution in [-0.4, -0.2) is 86.8 Å². The lowest BCUT2D eigenvalue weighted by molar-refractivity contribution is -0.308. The van der Waals surface area contributed by atoms with E-state index in [0.29, 0.717) is 38.8 Å². The molecule has 1 amide bonds. The van der Waals surface area contributed by atoms with Crippen LogP contribution < -0.4 is 4.90 Å². The molecule has 3 aliphatic heterocycles. The molecule has 0 bridgehead atoms. The quantitative estimate of drug-likeness (QED) is 0.527. The first-order chi connectivity index (χ1) is 16.8. The highest BCUT2D eigenvalue weighted by Gasteiger charge is 2.60. The van der Waals surface area contributed by atoms with Crippen molar-refractivity contribution in [2.45, 2.75) is 44.8 Å². The SMILES string of the molecule is CC(C)c1ccc(CN2CC3CN(C(=O)OC(C(F)(F)F)C(F)(F)F)CC3C2)c(N2CCOCC2)c1. The van der Waals surface area contributed by atoms with E-state index in [4.69, 9.17) is 4.74 Å². The van der Waals surface area contributed by atoms with Crippen molar-refractivity contribution in [2.24, 2.45) is 11.8 Å². The van der Waals surface area contributed by atoms with Crippen molar-refractivity contribution >= 4 is 11.8 Å². The number of morpholine rings is 1. The van der Waals surface area contributed by atoms with Gasteiger partial charge in [-0.15, -0.1) is 0 Å². The fourth-order valence-electron chi connectivity index (χ4n) is 5.28. The number of carbonyl (C=O) groups excluding carboxylic acids is 1. The second-order valence-electron chi connectivity index (χ2n) is 10.1. The fraction of sp³-hybridized carbons (Fsp3) is 0.708. The van der Waals surface area contributed by atoms with Gasteiger partial charge in [-0.3, -0.25) is 4.90 Å². The number of fused-ring (bicyclic) bond motifs is 1. The molecule has 1 aromatic carbocycles. The van der Waals surface area contributed by atoms with Crippen LogP contribution in [-0.2, 0) is 16.0 Å². The molecule has 36 heavy (non-hydrogen) atoms. The largest absolute Gasteiger partial charge is 0.434 e. The Kier molecular flexibility index (Phi) is 7.66. The van der Waals surface area contributed by atoms with Crippen LogP contribution in [0, 0.1) is 11.8 Å². The highest BCUT2D eigenvalue weighted by Crippen LogP contribution is 2.38. The third-order valence-corrected chi connectivity index (χ3v) is 7.16. The lowest BCUT2D eigenvalue weighted by Gasteiger charge is -2.32. The van der Waals surface area contributed by atoms with E-state index in [9.17, 15) is 31.1 Å². The molecule has 3 fully saturated rings. The van der Waals surface area contributed by atoms with E-state index >= 15 is 0 Å². The van der Waals surface area contributed by atoms with E-state index in [1.54, 1.807) is 0 Å². The number of rotatable bonds is 5. The van der Waals surface area contributed by atoms with Crippen LogP contribution in [0.2, 0.25) is 0 Å². The van der Waals surface area contributed by atoms with Gasteiger partial charge in [-0.2, -0.15) is 26.3 Å². The number of nitrogens with zero attached hydrogens (tertiary/aromatic N) is 3. The summed E-state index contributed by atoms with van der Waals surface area (Å²) in [4.78, 5) is 17.7. The van der Waals surface area contributed by atoms with E-state index in [1.807, 2.05) is 0 Å². The molecule has 2 unspecified atom stereocenters. The van der Waals surface area contributed by atoms with Crippen molar-refractivity contribution in [2.75, 3.05) is 57.4 Å². The number of ether oxygens (including phenoxy) is 2. The van der Waals surface area contributed by atoms with Crippen LogP contribution in [0.5, 0.6) is 0 Å². The average Bonchev–Trinajstić information content (AvgIpc) is 3.35. The third-order valence-electron chi connectivity index (χ3n) is 7.16. The summed E-state index contributed by atoms with van der Waals surface area (Å²) in [7, 11) is 0. The van der Waals surface area contributed by atoms with Gasteiger partial charge in [0.1, 0.15) is 0 Å². The zero-order valence-corrected chi connectivity index (χ0v) is 20.2. The molecule has 3 heterocycles. The molecular weight excluding hydrogens is 492 g/mol. The molecule has 0 N–H and O–H groups in total. The lowest BCUT2D eigenvalue weighted by Crippen LogP contribution is -2.48. The van der Waals surface area contributed by atoms with Crippen LogP contribution in [0.25, 0.3) is 0 Å². The Balaban J connectivity index is 1.38. The molecule has 0 spiro atoms. The minimum Gasteiger partial charge on any atom is -0.426 e. The number of hydrogen-bond donors (Lipinski definition) is 0. The van der Waals surface area contributed by atoms with Crippen LogP contribution in [0.1, 0.15) is 30.9 Å². The lowest BCUT2D eigenvalue weighted by atomic mass is 9.99. The first-order valence-corrected chi connectivity index (χ1v) is 12.1. The molecule has 3 saturated heterocycles. The Morgan fingerprint density at radius 3 is 2.11 bits per heavy atom. The van der Waals surface area contributed by atoms with Gasteiger partial charge >= 0.3 is 18.4 Å². The van der Waals surface area contributed by atoms with Crippen molar-refractivity contribution in [1.29, 1.82) is 0 Å². The highest BCUT2D eigenvalue weighted by molar-refractivity contribution is 5.68. The highest BCUT2D eigenvalue weighted by atomic mass is 19.4. The van der Waals surface area contributed by atoms with Crippen LogP contribution in [0.15, 0.2) is 18.2 Å². The second-order valence-corrected chi connectivity index (χ2v) is 10.1. The number of likely N-dealkylation sites (tertiary alicyclic amines) is 2.